The van der Waals surface area contributed by atoms with Gasteiger partial charge in [-0.2, -0.15) is 5.10 Å². The fourth-order valence-electron chi connectivity index (χ4n) is 2.12. The molecule has 1 heterocycles. The number of anilines is 1. The summed E-state index contributed by atoms with van der Waals surface area (Å²) in [5, 5.41) is 5.24. The number of carbonyl (C=O) groups excluding carboxylic acids is 1. The van der Waals surface area contributed by atoms with E-state index in [1.807, 2.05) is 36.4 Å². The van der Waals surface area contributed by atoms with E-state index in [-0.39, 0.29) is 5.97 Å². The Labute approximate surface area is 133 Å². The van der Waals surface area contributed by atoms with Crippen molar-refractivity contribution < 1.29 is 9.53 Å². The molecule has 23 heavy (non-hydrogen) atoms. The van der Waals surface area contributed by atoms with Gasteiger partial charge in [0, 0.05) is 5.39 Å². The number of benzene rings is 2. The first-order valence-corrected chi connectivity index (χ1v) is 7.09. The van der Waals surface area contributed by atoms with Crippen molar-refractivity contribution in [3.05, 3.63) is 71.8 Å². The van der Waals surface area contributed by atoms with Crippen LogP contribution in [0.1, 0.15) is 15.9 Å². The molecule has 1 aromatic heterocycles. The largest absolute Gasteiger partial charge is 0.465 e. The molecule has 1 N–H and O–H groups in total. The van der Waals surface area contributed by atoms with E-state index in [0.29, 0.717) is 11.4 Å². The number of ether oxygens (including phenoxy) is 1. The molecule has 2 aromatic carbocycles. The highest BCUT2D eigenvalue weighted by Crippen LogP contribution is 2.14. The molecule has 0 saturated carbocycles. The van der Waals surface area contributed by atoms with Gasteiger partial charge in [-0.3, -0.25) is 5.43 Å². The Balaban J connectivity index is 1.68. The van der Waals surface area contributed by atoms with Crippen molar-refractivity contribution in [3.8, 4) is 0 Å². The van der Waals surface area contributed by atoms with Crippen molar-refractivity contribution in [2.45, 2.75) is 0 Å². The molecule has 0 bridgehead atoms. The second-order valence-corrected chi connectivity index (χ2v) is 4.87. The van der Waals surface area contributed by atoms with Crippen LogP contribution in [-0.4, -0.2) is 24.3 Å². The van der Waals surface area contributed by atoms with Gasteiger partial charge < -0.3 is 4.74 Å². The number of rotatable bonds is 4. The van der Waals surface area contributed by atoms with Gasteiger partial charge in [0.2, 0.25) is 0 Å². The van der Waals surface area contributed by atoms with E-state index < -0.39 is 0 Å². The van der Waals surface area contributed by atoms with Crippen molar-refractivity contribution in [1.29, 1.82) is 0 Å². The lowest BCUT2D eigenvalue weighted by molar-refractivity contribution is 0.0600. The lowest BCUT2D eigenvalue weighted by Gasteiger charge is -2.02. The third kappa shape index (κ3) is 3.52. The van der Waals surface area contributed by atoms with Crippen LogP contribution >= 0.6 is 0 Å². The zero-order valence-corrected chi connectivity index (χ0v) is 12.6. The molecule has 114 valence electrons. The maximum absolute atomic E-state index is 11.4. The average molecular weight is 305 g/mol. The summed E-state index contributed by atoms with van der Waals surface area (Å²) in [5.74, 6) is 0.318. The molecule has 3 aromatic rings. The molecule has 0 spiro atoms. The first-order chi connectivity index (χ1) is 11.3. The summed E-state index contributed by atoms with van der Waals surface area (Å²) in [5.41, 5.74) is 5.19. The molecule has 0 atom stereocenters. The SMILES string of the molecule is COC(=O)c1ccc(/C=N/Nc2ccc3ccccc3n2)cc1. The van der Waals surface area contributed by atoms with E-state index in [2.05, 4.69) is 20.2 Å². The Bertz CT molecular complexity index is 858. The number of nitrogens with one attached hydrogen (secondary N) is 1. The molecule has 3 rings (SSSR count). The number of aromatic nitrogens is 1. The van der Waals surface area contributed by atoms with Gasteiger partial charge in [0.25, 0.3) is 0 Å². The third-order valence-corrected chi connectivity index (χ3v) is 3.32. The van der Waals surface area contributed by atoms with Crippen molar-refractivity contribution >= 4 is 28.9 Å². The predicted octanol–water partition coefficient (Wildman–Crippen LogP) is 3.47. The smallest absolute Gasteiger partial charge is 0.337 e. The molecule has 0 aliphatic carbocycles. The Morgan fingerprint density at radius 3 is 2.65 bits per heavy atom. The molecule has 0 unspecified atom stereocenters. The van der Waals surface area contributed by atoms with Crippen molar-refractivity contribution in [2.24, 2.45) is 5.10 Å². The van der Waals surface area contributed by atoms with Crippen LogP contribution in [0.5, 0.6) is 0 Å². The van der Waals surface area contributed by atoms with E-state index in [1.165, 1.54) is 7.11 Å². The second kappa shape index (κ2) is 6.70. The summed E-state index contributed by atoms with van der Waals surface area (Å²) < 4.78 is 4.66. The quantitative estimate of drug-likeness (QED) is 0.455. The molecule has 5 heteroatoms. The number of pyridine rings is 1. The van der Waals surface area contributed by atoms with E-state index in [0.717, 1.165) is 16.5 Å². The molecule has 0 amide bonds. The van der Waals surface area contributed by atoms with Gasteiger partial charge in [0.05, 0.1) is 24.4 Å². The van der Waals surface area contributed by atoms with Crippen LogP contribution in [0.3, 0.4) is 0 Å². The van der Waals surface area contributed by atoms with Crippen molar-refractivity contribution in [2.75, 3.05) is 12.5 Å². The van der Waals surface area contributed by atoms with E-state index in [1.54, 1.807) is 30.5 Å². The molecule has 0 saturated heterocycles. The van der Waals surface area contributed by atoms with E-state index in [4.69, 9.17) is 0 Å². The fraction of sp³-hybridized carbons (Fsp3) is 0.0556. The van der Waals surface area contributed by atoms with Gasteiger partial charge in [-0.15, -0.1) is 0 Å². The van der Waals surface area contributed by atoms with Crippen LogP contribution in [0.15, 0.2) is 65.8 Å². The van der Waals surface area contributed by atoms with Gasteiger partial charge in [0.1, 0.15) is 5.82 Å². The van der Waals surface area contributed by atoms with E-state index in [9.17, 15) is 4.79 Å². The topological polar surface area (TPSA) is 63.6 Å². The summed E-state index contributed by atoms with van der Waals surface area (Å²) in [6.07, 6.45) is 1.66. The first kappa shape index (κ1) is 14.7. The molecule has 0 fully saturated rings. The minimum absolute atomic E-state index is 0.355. The van der Waals surface area contributed by atoms with Crippen molar-refractivity contribution in [1.82, 2.24) is 4.98 Å². The van der Waals surface area contributed by atoms with Gasteiger partial charge in [-0.1, -0.05) is 30.3 Å². The predicted molar refractivity (Wildman–Crippen MR) is 90.7 cm³/mol. The summed E-state index contributed by atoms with van der Waals surface area (Å²) in [6, 6.07) is 18.7. The molecular weight excluding hydrogens is 290 g/mol. The number of carbonyl (C=O) groups is 1. The number of hydrogen-bond acceptors (Lipinski definition) is 5. The maximum atomic E-state index is 11.4. The summed E-state index contributed by atoms with van der Waals surface area (Å²) in [7, 11) is 1.36. The number of hydrazone groups is 1. The number of hydrogen-bond donors (Lipinski definition) is 1. The molecule has 0 aliphatic rings. The zero-order valence-electron chi connectivity index (χ0n) is 12.6. The lowest BCUT2D eigenvalue weighted by Crippen LogP contribution is -2.00. The maximum Gasteiger partial charge on any atom is 0.337 e. The minimum Gasteiger partial charge on any atom is -0.465 e. The summed E-state index contributed by atoms with van der Waals surface area (Å²) >= 11 is 0. The van der Waals surface area contributed by atoms with E-state index >= 15 is 0 Å². The summed E-state index contributed by atoms with van der Waals surface area (Å²) in [6.45, 7) is 0. The second-order valence-electron chi connectivity index (χ2n) is 4.87. The van der Waals surface area contributed by atoms with Crippen LogP contribution in [0, 0.1) is 0 Å². The molecule has 5 nitrogen and oxygen atoms in total. The number of para-hydroxylation sites is 1. The van der Waals surface area contributed by atoms with Crippen LogP contribution in [-0.2, 0) is 4.74 Å². The molecular formula is C18H15N3O2. The highest BCUT2D eigenvalue weighted by atomic mass is 16.5. The van der Waals surface area contributed by atoms with Crippen LogP contribution in [0.2, 0.25) is 0 Å². The van der Waals surface area contributed by atoms with Gasteiger partial charge in [-0.05, 0) is 35.9 Å². The number of fused-ring (bicyclic) bond motifs is 1. The zero-order chi connectivity index (χ0) is 16.1. The summed E-state index contributed by atoms with van der Waals surface area (Å²) in [4.78, 5) is 15.8. The highest BCUT2D eigenvalue weighted by Gasteiger charge is 2.03. The number of esters is 1. The number of methoxy groups -OCH3 is 1. The molecule has 0 aliphatic heterocycles. The number of nitrogens with zero attached hydrogens (tertiary/aromatic N) is 2. The first-order valence-electron chi connectivity index (χ1n) is 7.09. The van der Waals surface area contributed by atoms with Crippen LogP contribution in [0.25, 0.3) is 10.9 Å². The standard InChI is InChI=1S/C18H15N3O2/c1-23-18(22)15-8-6-13(7-9-15)12-19-21-17-11-10-14-4-2-3-5-16(14)20-17/h2-12H,1H3,(H,20,21)/b19-12+. The third-order valence-electron chi connectivity index (χ3n) is 3.32. The Kier molecular flexibility index (Phi) is 4.29. The lowest BCUT2D eigenvalue weighted by atomic mass is 10.1. The Morgan fingerprint density at radius 1 is 1.09 bits per heavy atom. The monoisotopic (exact) mass is 305 g/mol. The Morgan fingerprint density at radius 2 is 1.87 bits per heavy atom. The van der Waals surface area contributed by atoms with Gasteiger partial charge in [0.15, 0.2) is 0 Å². The average Bonchev–Trinajstić information content (AvgIpc) is 2.61. The van der Waals surface area contributed by atoms with Crippen LogP contribution in [0.4, 0.5) is 5.82 Å². The highest BCUT2D eigenvalue weighted by molar-refractivity contribution is 5.90. The normalized spacial score (nSPS) is 10.8. The van der Waals surface area contributed by atoms with Gasteiger partial charge in [-0.25, -0.2) is 9.78 Å². The van der Waals surface area contributed by atoms with Crippen molar-refractivity contribution in [3.63, 3.8) is 0 Å². The minimum atomic E-state index is -0.355. The fourth-order valence-corrected chi connectivity index (χ4v) is 2.12. The Hall–Kier alpha value is -3.21. The van der Waals surface area contributed by atoms with Crippen LogP contribution < -0.4 is 5.43 Å². The molecule has 0 radical (unpaired) electrons. The van der Waals surface area contributed by atoms with Gasteiger partial charge >= 0.3 is 5.97 Å².